The summed E-state index contributed by atoms with van der Waals surface area (Å²) in [6.07, 6.45) is 2.96. The number of sulfonamides is 2. The molecule has 0 radical (unpaired) electrons. The Balaban J connectivity index is 2.34. The lowest BCUT2D eigenvalue weighted by Crippen LogP contribution is -2.35. The van der Waals surface area contributed by atoms with Crippen molar-refractivity contribution in [3.63, 3.8) is 0 Å². The summed E-state index contributed by atoms with van der Waals surface area (Å²) in [7, 11) is -3.40. The van der Waals surface area contributed by atoms with E-state index in [-0.39, 0.29) is 17.0 Å². The van der Waals surface area contributed by atoms with E-state index in [0.717, 1.165) is 4.31 Å². The van der Waals surface area contributed by atoms with Crippen LogP contribution in [0, 0.1) is 0 Å². The molecule has 8 nitrogen and oxygen atoms in total. The molecule has 1 unspecified atom stereocenters. The minimum Gasteiger partial charge on any atom is -0.383 e. The number of benzene rings is 2. The van der Waals surface area contributed by atoms with Crippen LogP contribution in [0.15, 0.2) is 66.9 Å². The van der Waals surface area contributed by atoms with Gasteiger partial charge in [0.25, 0.3) is 0 Å². The van der Waals surface area contributed by atoms with Gasteiger partial charge >= 0.3 is 0 Å². The van der Waals surface area contributed by atoms with E-state index in [9.17, 15) is 21.6 Å². The zero-order valence-electron chi connectivity index (χ0n) is 17.0. The first-order valence-corrected chi connectivity index (χ1v) is 12.2. The highest BCUT2D eigenvalue weighted by molar-refractivity contribution is 7.95. The first-order valence-electron chi connectivity index (χ1n) is 8.94. The van der Waals surface area contributed by atoms with E-state index in [1.165, 1.54) is 37.4 Å². The zero-order valence-corrected chi connectivity index (χ0v) is 18.6. The van der Waals surface area contributed by atoms with Crippen LogP contribution in [0.2, 0.25) is 0 Å². The number of allylic oxidation sites excluding steroid dienone is 1. The van der Waals surface area contributed by atoms with Crippen molar-refractivity contribution in [2.75, 3.05) is 31.2 Å². The van der Waals surface area contributed by atoms with E-state index in [4.69, 9.17) is 5.14 Å². The molecular formula is C20H25N3O5S2. The molecule has 30 heavy (non-hydrogen) atoms. The Bertz CT molecular complexity index is 1130. The summed E-state index contributed by atoms with van der Waals surface area (Å²) in [5, 5.41) is 3.89. The Morgan fingerprint density at radius 3 is 2.20 bits per heavy atom. The quantitative estimate of drug-likeness (QED) is 0.458. The minimum atomic E-state index is -4.18. The summed E-state index contributed by atoms with van der Waals surface area (Å²) in [4.78, 5) is 14.0. The van der Waals surface area contributed by atoms with Gasteiger partial charge in [-0.1, -0.05) is 42.5 Å². The van der Waals surface area contributed by atoms with Crippen molar-refractivity contribution in [3.8, 4) is 0 Å². The molecule has 2 rings (SSSR count). The van der Waals surface area contributed by atoms with Crippen LogP contribution in [-0.2, 0) is 20.0 Å². The maximum atomic E-state index is 13.0. The molecule has 0 aliphatic carbocycles. The highest BCUT2D eigenvalue weighted by Gasteiger charge is 2.32. The van der Waals surface area contributed by atoms with Crippen LogP contribution in [0.3, 0.4) is 0 Å². The summed E-state index contributed by atoms with van der Waals surface area (Å²) in [6, 6.07) is 14.0. The van der Waals surface area contributed by atoms with Gasteiger partial charge in [0.1, 0.15) is 5.25 Å². The van der Waals surface area contributed by atoms with Gasteiger partial charge in [-0.25, -0.2) is 22.0 Å². The van der Waals surface area contributed by atoms with Crippen LogP contribution < -0.4 is 9.44 Å². The van der Waals surface area contributed by atoms with Crippen LogP contribution in [0.25, 0.3) is 0 Å². The topological polar surface area (TPSA) is 118 Å². The second kappa shape index (κ2) is 9.41. The first-order chi connectivity index (χ1) is 13.9. The number of hydrogen-bond donors (Lipinski definition) is 1. The molecule has 162 valence electrons. The number of primary sulfonamides is 1. The summed E-state index contributed by atoms with van der Waals surface area (Å²) in [5.74, 6) is -1.02. The number of nitrogens with zero attached hydrogens (tertiary/aromatic N) is 2. The van der Waals surface area contributed by atoms with E-state index < -0.39 is 31.0 Å². The maximum absolute atomic E-state index is 13.0. The maximum Gasteiger partial charge on any atom is 0.236 e. The number of hydrogen-bond acceptors (Lipinski definition) is 6. The molecule has 10 heteroatoms. The number of ketones is 1. The lowest BCUT2D eigenvalue weighted by molar-refractivity contribution is 0.104. The lowest BCUT2D eigenvalue weighted by Gasteiger charge is -2.23. The molecular weight excluding hydrogens is 426 g/mol. The van der Waals surface area contributed by atoms with E-state index in [2.05, 4.69) is 0 Å². The van der Waals surface area contributed by atoms with Crippen molar-refractivity contribution >= 4 is 31.5 Å². The van der Waals surface area contributed by atoms with Gasteiger partial charge in [-0.15, -0.1) is 0 Å². The Morgan fingerprint density at radius 1 is 1.00 bits per heavy atom. The Labute approximate surface area is 177 Å². The van der Waals surface area contributed by atoms with Gasteiger partial charge in [0.15, 0.2) is 5.78 Å². The van der Waals surface area contributed by atoms with Gasteiger partial charge in [0.05, 0.1) is 11.4 Å². The van der Waals surface area contributed by atoms with Gasteiger partial charge in [0, 0.05) is 39.0 Å². The average Bonchev–Trinajstić information content (AvgIpc) is 2.69. The molecule has 0 aliphatic rings. The molecule has 0 spiro atoms. The SMILES string of the molecule is CN(C)C=CC(=O)c1cccc(N(C)S(=O)(=O)CC(c2ccccc2)S(N)(=O)=O)c1. The van der Waals surface area contributed by atoms with Crippen molar-refractivity contribution in [1.29, 1.82) is 0 Å². The Kier molecular flexibility index (Phi) is 7.40. The number of rotatable bonds is 9. The molecule has 0 fully saturated rings. The molecule has 1 atom stereocenters. The molecule has 2 aromatic rings. The van der Waals surface area contributed by atoms with Crippen molar-refractivity contribution in [3.05, 3.63) is 78.0 Å². The standard InChI is InChI=1S/C20H25N3O5S2/c1-22(2)13-12-19(24)17-10-7-11-18(14-17)23(3)29(25,26)15-20(30(21,27)28)16-8-5-4-6-9-16/h4-14,20H,15H2,1-3H3,(H2,21,27,28). The van der Waals surface area contributed by atoms with Gasteiger partial charge in [0.2, 0.25) is 20.0 Å². The van der Waals surface area contributed by atoms with Gasteiger partial charge in [-0.3, -0.25) is 9.10 Å². The van der Waals surface area contributed by atoms with E-state index in [1.807, 2.05) is 0 Å². The smallest absolute Gasteiger partial charge is 0.236 e. The molecule has 0 bridgehead atoms. The van der Waals surface area contributed by atoms with Crippen molar-refractivity contribution in [2.24, 2.45) is 5.14 Å². The number of carbonyl (C=O) groups excluding carboxylic acids is 1. The Hall–Kier alpha value is -2.69. The second-order valence-electron chi connectivity index (χ2n) is 6.93. The average molecular weight is 452 g/mol. The zero-order chi connectivity index (χ0) is 22.5. The fourth-order valence-corrected chi connectivity index (χ4v) is 5.72. The van der Waals surface area contributed by atoms with Crippen molar-refractivity contribution in [1.82, 2.24) is 4.90 Å². The minimum absolute atomic E-state index is 0.236. The third-order valence-corrected chi connectivity index (χ3v) is 7.61. The summed E-state index contributed by atoms with van der Waals surface area (Å²) >= 11 is 0. The number of anilines is 1. The molecule has 0 saturated carbocycles. The van der Waals surface area contributed by atoms with Crippen LogP contribution >= 0.6 is 0 Å². The first kappa shape index (κ1) is 23.6. The van der Waals surface area contributed by atoms with Crippen LogP contribution in [-0.4, -0.2) is 54.4 Å². The molecule has 0 aromatic heterocycles. The van der Waals surface area contributed by atoms with E-state index in [0.29, 0.717) is 5.56 Å². The van der Waals surface area contributed by atoms with E-state index in [1.54, 1.807) is 55.5 Å². The predicted octanol–water partition coefficient (Wildman–Crippen LogP) is 1.74. The van der Waals surface area contributed by atoms with Gasteiger partial charge < -0.3 is 4.90 Å². The second-order valence-corrected chi connectivity index (χ2v) is 10.7. The largest absolute Gasteiger partial charge is 0.383 e. The fraction of sp³-hybridized carbons (Fsp3) is 0.250. The van der Waals surface area contributed by atoms with Crippen LogP contribution in [0.5, 0.6) is 0 Å². The molecule has 2 N–H and O–H groups in total. The van der Waals surface area contributed by atoms with Gasteiger partial charge in [-0.2, -0.15) is 0 Å². The molecule has 0 aliphatic heterocycles. The summed E-state index contributed by atoms with van der Waals surface area (Å²) in [6.45, 7) is 0. The summed E-state index contributed by atoms with van der Waals surface area (Å²) < 4.78 is 51.0. The number of nitrogens with two attached hydrogens (primary N) is 1. The lowest BCUT2D eigenvalue weighted by atomic mass is 10.1. The Morgan fingerprint density at radius 2 is 1.63 bits per heavy atom. The third kappa shape index (κ3) is 6.15. The highest BCUT2D eigenvalue weighted by Crippen LogP contribution is 2.26. The third-order valence-electron chi connectivity index (χ3n) is 4.37. The summed E-state index contributed by atoms with van der Waals surface area (Å²) in [5.41, 5.74) is 0.828. The van der Waals surface area contributed by atoms with Crippen LogP contribution in [0.1, 0.15) is 21.2 Å². The highest BCUT2D eigenvalue weighted by atomic mass is 32.2. The monoisotopic (exact) mass is 451 g/mol. The number of carbonyl (C=O) groups is 1. The fourth-order valence-electron chi connectivity index (χ4n) is 2.68. The van der Waals surface area contributed by atoms with Crippen molar-refractivity contribution < 1.29 is 21.6 Å². The van der Waals surface area contributed by atoms with Gasteiger partial charge in [-0.05, 0) is 17.7 Å². The molecule has 0 heterocycles. The normalized spacial score (nSPS) is 13.2. The predicted molar refractivity (Wildman–Crippen MR) is 118 cm³/mol. The molecule has 0 saturated heterocycles. The van der Waals surface area contributed by atoms with Crippen molar-refractivity contribution in [2.45, 2.75) is 5.25 Å². The molecule has 2 aromatic carbocycles. The van der Waals surface area contributed by atoms with E-state index >= 15 is 0 Å². The van der Waals surface area contributed by atoms with Crippen LogP contribution in [0.4, 0.5) is 5.69 Å². The molecule has 0 amide bonds.